The highest BCUT2D eigenvalue weighted by Gasteiger charge is 2.04. The van der Waals surface area contributed by atoms with Crippen LogP contribution >= 0.6 is 0 Å². The van der Waals surface area contributed by atoms with E-state index in [9.17, 15) is 0 Å². The van der Waals surface area contributed by atoms with Gasteiger partial charge in [0.1, 0.15) is 0 Å². The lowest BCUT2D eigenvalue weighted by molar-refractivity contribution is 0.368. The molecule has 1 aromatic heterocycles. The van der Waals surface area contributed by atoms with Crippen LogP contribution in [0.15, 0.2) is 36.5 Å². The number of hydrogen-bond acceptors (Lipinski definition) is 4. The third-order valence-electron chi connectivity index (χ3n) is 1.76. The van der Waals surface area contributed by atoms with Crippen molar-refractivity contribution in [1.82, 2.24) is 9.97 Å². The molecule has 0 saturated carbocycles. The quantitative estimate of drug-likeness (QED) is 0.762. The summed E-state index contributed by atoms with van der Waals surface area (Å²) in [5, 5.41) is 0. The molecule has 15 heavy (non-hydrogen) atoms. The normalized spacial score (nSPS) is 9.67. The van der Waals surface area contributed by atoms with E-state index in [0.29, 0.717) is 11.5 Å². The standard InChI is InChI=1S/C11H9N2O2/c1-14-9-5-2-3-6-10(9)15-11-12-7-4-8-13-11/h2-7H,1H3. The molecule has 0 aliphatic heterocycles. The number of rotatable bonds is 3. The van der Waals surface area contributed by atoms with Crippen molar-refractivity contribution in [3.05, 3.63) is 42.7 Å². The van der Waals surface area contributed by atoms with Gasteiger partial charge >= 0.3 is 6.01 Å². The van der Waals surface area contributed by atoms with E-state index in [1.54, 1.807) is 25.4 Å². The first kappa shape index (κ1) is 9.45. The highest BCUT2D eigenvalue weighted by Crippen LogP contribution is 2.28. The molecule has 0 amide bonds. The van der Waals surface area contributed by atoms with Gasteiger partial charge in [0, 0.05) is 6.20 Å². The van der Waals surface area contributed by atoms with Gasteiger partial charge in [0.25, 0.3) is 0 Å². The van der Waals surface area contributed by atoms with Gasteiger partial charge in [0.2, 0.25) is 0 Å². The maximum Gasteiger partial charge on any atom is 0.322 e. The average molecular weight is 201 g/mol. The number of ether oxygens (including phenoxy) is 2. The van der Waals surface area contributed by atoms with Gasteiger partial charge in [-0.3, -0.25) is 0 Å². The SMILES string of the molecule is COc1ccccc1Oc1n[c]ccn1. The molecule has 75 valence electrons. The van der Waals surface area contributed by atoms with Gasteiger partial charge in [0.05, 0.1) is 13.3 Å². The van der Waals surface area contributed by atoms with E-state index in [4.69, 9.17) is 9.47 Å². The second kappa shape index (κ2) is 4.41. The third-order valence-corrected chi connectivity index (χ3v) is 1.76. The van der Waals surface area contributed by atoms with Crippen molar-refractivity contribution >= 4 is 0 Å². The fraction of sp³-hybridized carbons (Fsp3) is 0.0909. The Labute approximate surface area is 87.5 Å². The van der Waals surface area contributed by atoms with E-state index in [-0.39, 0.29) is 6.01 Å². The summed E-state index contributed by atoms with van der Waals surface area (Å²) < 4.78 is 10.5. The van der Waals surface area contributed by atoms with Crippen LogP contribution in [-0.4, -0.2) is 17.1 Å². The Hall–Kier alpha value is -2.10. The third kappa shape index (κ3) is 2.22. The van der Waals surface area contributed by atoms with Crippen LogP contribution in [0.1, 0.15) is 0 Å². The summed E-state index contributed by atoms with van der Waals surface area (Å²) in [7, 11) is 1.58. The summed E-state index contributed by atoms with van der Waals surface area (Å²) in [6.45, 7) is 0. The summed E-state index contributed by atoms with van der Waals surface area (Å²) in [5.41, 5.74) is 0. The zero-order valence-corrected chi connectivity index (χ0v) is 8.18. The zero-order valence-electron chi connectivity index (χ0n) is 8.18. The van der Waals surface area contributed by atoms with Gasteiger partial charge in [-0.05, 0) is 18.2 Å². The monoisotopic (exact) mass is 201 g/mol. The Bertz CT molecular complexity index is 432. The molecule has 1 heterocycles. The first-order valence-corrected chi connectivity index (χ1v) is 4.40. The molecule has 1 aromatic carbocycles. The van der Waals surface area contributed by atoms with Gasteiger partial charge in [-0.1, -0.05) is 12.1 Å². The minimum absolute atomic E-state index is 0.252. The average Bonchev–Trinajstić information content (AvgIpc) is 2.31. The van der Waals surface area contributed by atoms with Crippen molar-refractivity contribution in [2.24, 2.45) is 0 Å². The van der Waals surface area contributed by atoms with E-state index in [0.717, 1.165) is 0 Å². The minimum Gasteiger partial charge on any atom is -0.493 e. The molecule has 2 aromatic rings. The van der Waals surface area contributed by atoms with Crippen LogP contribution in [0.4, 0.5) is 0 Å². The van der Waals surface area contributed by atoms with Crippen LogP contribution in [0, 0.1) is 6.20 Å². The Morgan fingerprint density at radius 3 is 2.67 bits per heavy atom. The molecule has 0 aliphatic rings. The highest BCUT2D eigenvalue weighted by atomic mass is 16.5. The van der Waals surface area contributed by atoms with Crippen LogP contribution in [0.2, 0.25) is 0 Å². The minimum atomic E-state index is 0.252. The van der Waals surface area contributed by atoms with Crippen molar-refractivity contribution in [1.29, 1.82) is 0 Å². The summed E-state index contributed by atoms with van der Waals surface area (Å²) >= 11 is 0. The van der Waals surface area contributed by atoms with Gasteiger partial charge in [0.15, 0.2) is 11.5 Å². The second-order valence-corrected chi connectivity index (χ2v) is 2.72. The molecule has 0 spiro atoms. The lowest BCUT2D eigenvalue weighted by Gasteiger charge is -2.07. The van der Waals surface area contributed by atoms with E-state index < -0.39 is 0 Å². The zero-order chi connectivity index (χ0) is 10.5. The topological polar surface area (TPSA) is 44.2 Å². The number of aromatic nitrogens is 2. The summed E-state index contributed by atoms with van der Waals surface area (Å²) in [6.07, 6.45) is 4.21. The van der Waals surface area contributed by atoms with Crippen LogP contribution in [0.3, 0.4) is 0 Å². The number of benzene rings is 1. The molecule has 4 nitrogen and oxygen atoms in total. The van der Waals surface area contributed by atoms with Crippen molar-refractivity contribution in [3.63, 3.8) is 0 Å². The van der Waals surface area contributed by atoms with E-state index in [1.165, 1.54) is 0 Å². The lowest BCUT2D eigenvalue weighted by atomic mass is 10.3. The predicted molar refractivity (Wildman–Crippen MR) is 53.9 cm³/mol. The fourth-order valence-electron chi connectivity index (χ4n) is 1.11. The Kier molecular flexibility index (Phi) is 2.78. The van der Waals surface area contributed by atoms with E-state index >= 15 is 0 Å². The molecular weight excluding hydrogens is 192 g/mol. The Morgan fingerprint density at radius 2 is 2.00 bits per heavy atom. The number of nitrogens with zero attached hydrogens (tertiary/aromatic N) is 2. The van der Waals surface area contributed by atoms with Crippen LogP contribution < -0.4 is 9.47 Å². The molecule has 1 radical (unpaired) electrons. The summed E-state index contributed by atoms with van der Waals surface area (Å²) in [5.74, 6) is 1.23. The maximum atomic E-state index is 5.42. The first-order valence-electron chi connectivity index (χ1n) is 4.40. The van der Waals surface area contributed by atoms with Gasteiger partial charge in [-0.15, -0.1) is 0 Å². The molecule has 4 heteroatoms. The first-order chi connectivity index (χ1) is 7.40. The molecule has 2 rings (SSSR count). The van der Waals surface area contributed by atoms with Crippen molar-refractivity contribution in [2.45, 2.75) is 0 Å². The molecule has 0 unspecified atom stereocenters. The molecular formula is C11H9N2O2. The van der Waals surface area contributed by atoms with E-state index in [1.807, 2.05) is 18.2 Å². The van der Waals surface area contributed by atoms with Crippen molar-refractivity contribution < 1.29 is 9.47 Å². The molecule has 0 N–H and O–H groups in total. The molecule has 0 aliphatic carbocycles. The smallest absolute Gasteiger partial charge is 0.322 e. The highest BCUT2D eigenvalue weighted by molar-refractivity contribution is 5.40. The molecule has 0 fully saturated rings. The van der Waals surface area contributed by atoms with Gasteiger partial charge < -0.3 is 9.47 Å². The maximum absolute atomic E-state index is 5.42. The number of methoxy groups -OCH3 is 1. The van der Waals surface area contributed by atoms with Crippen LogP contribution in [0.5, 0.6) is 17.5 Å². The lowest BCUT2D eigenvalue weighted by Crippen LogP contribution is -1.93. The van der Waals surface area contributed by atoms with Crippen molar-refractivity contribution in [2.75, 3.05) is 7.11 Å². The second-order valence-electron chi connectivity index (χ2n) is 2.72. The molecule has 0 bridgehead atoms. The van der Waals surface area contributed by atoms with Crippen LogP contribution in [-0.2, 0) is 0 Å². The fourth-order valence-corrected chi connectivity index (χ4v) is 1.11. The van der Waals surface area contributed by atoms with Crippen molar-refractivity contribution in [3.8, 4) is 17.5 Å². The van der Waals surface area contributed by atoms with Crippen LogP contribution in [0.25, 0.3) is 0 Å². The number of hydrogen-bond donors (Lipinski definition) is 0. The summed E-state index contributed by atoms with van der Waals surface area (Å²) in [6, 6.07) is 9.17. The largest absolute Gasteiger partial charge is 0.493 e. The van der Waals surface area contributed by atoms with Gasteiger partial charge in [-0.2, -0.15) is 4.98 Å². The number of para-hydroxylation sites is 2. The van der Waals surface area contributed by atoms with E-state index in [2.05, 4.69) is 16.2 Å². The molecule has 0 atom stereocenters. The Balaban J connectivity index is 2.24. The Morgan fingerprint density at radius 1 is 1.20 bits per heavy atom. The summed E-state index contributed by atoms with van der Waals surface area (Å²) in [4.78, 5) is 7.76. The predicted octanol–water partition coefficient (Wildman–Crippen LogP) is 2.08. The van der Waals surface area contributed by atoms with Gasteiger partial charge in [-0.25, -0.2) is 4.98 Å². The molecule has 0 saturated heterocycles.